The fourth-order valence-corrected chi connectivity index (χ4v) is 6.68. The number of Topliss-reactive ketones (excluding diaryl/α,β-unsaturated/α-hetero) is 1. The lowest BCUT2D eigenvalue weighted by molar-refractivity contribution is -0.128. The second kappa shape index (κ2) is 5.63. The first kappa shape index (κ1) is 17.7. The Morgan fingerprint density at radius 2 is 2.15 bits per heavy atom. The number of rotatable bonds is 5. The Labute approximate surface area is 154 Å². The molecule has 1 N–H and O–H groups in total. The minimum atomic E-state index is -3.58. The van der Waals surface area contributed by atoms with Crippen LogP contribution in [0, 0.1) is 23.7 Å². The van der Waals surface area contributed by atoms with E-state index >= 15 is 0 Å². The summed E-state index contributed by atoms with van der Waals surface area (Å²) in [6.07, 6.45) is 5.88. The number of hydrogen-bond donors (Lipinski definition) is 1. The largest absolute Gasteiger partial charge is 0.307 e. The number of aromatic nitrogens is 2. The third-order valence-corrected chi connectivity index (χ3v) is 8.17. The van der Waals surface area contributed by atoms with Gasteiger partial charge in [-0.2, -0.15) is 0 Å². The Kier molecular flexibility index (Phi) is 3.83. The number of hydrogen-bond acceptors (Lipinski definition) is 4. The quantitative estimate of drug-likeness (QED) is 0.870. The normalized spacial score (nSPS) is 27.5. The highest BCUT2D eigenvalue weighted by Crippen LogP contribution is 2.64. The number of pyridine rings is 1. The molecule has 0 spiro atoms. The fraction of sp³-hybridized carbons (Fsp3) is 0.579. The van der Waals surface area contributed by atoms with Gasteiger partial charge < -0.3 is 4.40 Å². The summed E-state index contributed by atoms with van der Waals surface area (Å²) < 4.78 is 30.0. The molecule has 7 heteroatoms. The molecule has 2 fully saturated rings. The van der Waals surface area contributed by atoms with E-state index < -0.39 is 15.4 Å². The number of nitrogens with zero attached hydrogens (tertiary/aromatic N) is 2. The summed E-state index contributed by atoms with van der Waals surface area (Å²) in [4.78, 5) is 17.0. The molecule has 0 radical (unpaired) electrons. The van der Waals surface area contributed by atoms with Crippen molar-refractivity contribution >= 4 is 21.5 Å². The number of carbonyl (C=O) groups excluding carboxylic acids is 1. The van der Waals surface area contributed by atoms with Gasteiger partial charge in [-0.05, 0) is 48.8 Å². The number of fused-ring (bicyclic) bond motifs is 3. The first-order valence-electron chi connectivity index (χ1n) is 9.08. The van der Waals surface area contributed by atoms with Crippen LogP contribution in [0.5, 0.6) is 0 Å². The molecule has 4 rings (SSSR count). The second-order valence-electron chi connectivity index (χ2n) is 8.45. The van der Waals surface area contributed by atoms with E-state index in [1.807, 2.05) is 35.9 Å². The predicted molar refractivity (Wildman–Crippen MR) is 99.1 cm³/mol. The van der Waals surface area contributed by atoms with Crippen LogP contribution in [0.3, 0.4) is 0 Å². The molecule has 0 aromatic carbocycles. The van der Waals surface area contributed by atoms with E-state index in [2.05, 4.69) is 23.6 Å². The molecule has 26 heavy (non-hydrogen) atoms. The van der Waals surface area contributed by atoms with Gasteiger partial charge in [0.25, 0.3) is 0 Å². The van der Waals surface area contributed by atoms with Crippen LogP contribution < -0.4 is 4.72 Å². The van der Waals surface area contributed by atoms with Gasteiger partial charge >= 0.3 is 0 Å². The van der Waals surface area contributed by atoms with E-state index in [0.29, 0.717) is 24.5 Å². The number of carbonyl (C=O) groups is 1. The average Bonchev–Trinajstić information content (AvgIpc) is 3.11. The average molecular weight is 375 g/mol. The minimum Gasteiger partial charge on any atom is -0.307 e. The molecule has 140 valence electrons. The molecule has 2 atom stereocenters. The van der Waals surface area contributed by atoms with Crippen LogP contribution in [-0.4, -0.2) is 29.3 Å². The van der Waals surface area contributed by atoms with Crippen LogP contribution in [0.4, 0.5) is 0 Å². The summed E-state index contributed by atoms with van der Waals surface area (Å²) >= 11 is 0. The molecule has 0 amide bonds. The highest BCUT2D eigenvalue weighted by atomic mass is 32.2. The van der Waals surface area contributed by atoms with Gasteiger partial charge in [-0.15, -0.1) is 0 Å². The van der Waals surface area contributed by atoms with E-state index in [1.165, 1.54) is 0 Å². The maximum absolute atomic E-state index is 12.7. The van der Waals surface area contributed by atoms with Crippen LogP contribution in [0.1, 0.15) is 44.4 Å². The molecule has 2 aliphatic carbocycles. The Balaban J connectivity index is 1.51. The van der Waals surface area contributed by atoms with E-state index in [0.717, 1.165) is 17.6 Å². The van der Waals surface area contributed by atoms with E-state index in [-0.39, 0.29) is 23.5 Å². The molecule has 6 nitrogen and oxygen atoms in total. The van der Waals surface area contributed by atoms with Crippen LogP contribution in [0.25, 0.3) is 5.65 Å². The van der Waals surface area contributed by atoms with Gasteiger partial charge in [-0.3, -0.25) is 4.79 Å². The van der Waals surface area contributed by atoms with E-state index in [9.17, 15) is 13.2 Å². The minimum absolute atomic E-state index is 0.116. The van der Waals surface area contributed by atoms with Gasteiger partial charge in [-0.25, -0.2) is 18.1 Å². The Bertz CT molecular complexity index is 993. The SMILES string of the molecule is Cc1ccn2cc(CNS(=O)(=O)C[C@]34CC[C@H](CC3=O)C4(C)C)nc2c1. The standard InChI is InChI=1S/C19H25N3O3S/c1-13-5-7-22-11-15(21-17(22)8-13)10-20-26(24,25)12-19-6-4-14(9-16(19)23)18(19,2)3/h5,7-8,11,14,20H,4,6,9-10,12H2,1-3H3/t14-,19-/m1/s1. The van der Waals surface area contributed by atoms with Crippen molar-refractivity contribution in [3.05, 3.63) is 35.8 Å². The first-order valence-corrected chi connectivity index (χ1v) is 10.7. The van der Waals surface area contributed by atoms with Crippen molar-refractivity contribution in [2.45, 2.75) is 46.6 Å². The molecule has 2 heterocycles. The number of imidazole rings is 1. The highest BCUT2D eigenvalue weighted by Gasteiger charge is 2.65. The Morgan fingerprint density at radius 1 is 1.38 bits per heavy atom. The smallest absolute Gasteiger partial charge is 0.212 e. The zero-order chi connectivity index (χ0) is 18.7. The topological polar surface area (TPSA) is 80.5 Å². The van der Waals surface area contributed by atoms with Crippen molar-refractivity contribution in [2.75, 3.05) is 5.75 Å². The van der Waals surface area contributed by atoms with Gasteiger partial charge in [0.05, 0.1) is 18.0 Å². The summed E-state index contributed by atoms with van der Waals surface area (Å²) in [5.74, 6) is 0.314. The molecule has 2 bridgehead atoms. The van der Waals surface area contributed by atoms with Gasteiger partial charge in [-0.1, -0.05) is 13.8 Å². The molecular formula is C19H25N3O3S. The van der Waals surface area contributed by atoms with E-state index in [4.69, 9.17) is 0 Å². The summed E-state index contributed by atoms with van der Waals surface area (Å²) in [5.41, 5.74) is 1.58. The zero-order valence-electron chi connectivity index (χ0n) is 15.4. The molecule has 0 saturated heterocycles. The van der Waals surface area contributed by atoms with Gasteiger partial charge in [0, 0.05) is 24.2 Å². The van der Waals surface area contributed by atoms with Crippen LogP contribution in [0.2, 0.25) is 0 Å². The maximum atomic E-state index is 12.7. The van der Waals surface area contributed by atoms with E-state index in [1.54, 1.807) is 0 Å². The van der Waals surface area contributed by atoms with Crippen molar-refractivity contribution in [2.24, 2.45) is 16.7 Å². The summed E-state index contributed by atoms with van der Waals surface area (Å²) in [6.45, 7) is 6.23. The highest BCUT2D eigenvalue weighted by molar-refractivity contribution is 7.89. The van der Waals surface area contributed by atoms with Crippen molar-refractivity contribution < 1.29 is 13.2 Å². The van der Waals surface area contributed by atoms with Gasteiger partial charge in [0.15, 0.2) is 0 Å². The predicted octanol–water partition coefficient (Wildman–Crippen LogP) is 2.46. The lowest BCUT2D eigenvalue weighted by atomic mass is 9.70. The van der Waals surface area contributed by atoms with Crippen LogP contribution >= 0.6 is 0 Å². The molecule has 2 aromatic heterocycles. The molecule has 0 aliphatic heterocycles. The number of ketones is 1. The summed E-state index contributed by atoms with van der Waals surface area (Å²) in [5, 5.41) is 0. The fourth-order valence-electron chi connectivity index (χ4n) is 4.89. The number of aryl methyl sites for hydroxylation is 1. The molecular weight excluding hydrogens is 350 g/mol. The second-order valence-corrected chi connectivity index (χ2v) is 10.3. The van der Waals surface area contributed by atoms with Crippen LogP contribution in [0.15, 0.2) is 24.5 Å². The lowest BCUT2D eigenvalue weighted by Crippen LogP contribution is -2.45. The summed E-state index contributed by atoms with van der Waals surface area (Å²) in [6, 6.07) is 3.93. The maximum Gasteiger partial charge on any atom is 0.212 e. The Morgan fingerprint density at radius 3 is 2.81 bits per heavy atom. The van der Waals surface area contributed by atoms with Crippen molar-refractivity contribution in [1.82, 2.24) is 14.1 Å². The molecule has 2 saturated carbocycles. The number of nitrogens with one attached hydrogen (secondary N) is 1. The monoisotopic (exact) mass is 375 g/mol. The van der Waals surface area contributed by atoms with Gasteiger partial charge in [0.2, 0.25) is 10.0 Å². The first-order chi connectivity index (χ1) is 12.1. The molecule has 2 aliphatic rings. The number of sulfonamides is 1. The van der Waals surface area contributed by atoms with Crippen molar-refractivity contribution in [1.29, 1.82) is 0 Å². The van der Waals surface area contributed by atoms with Crippen molar-refractivity contribution in [3.8, 4) is 0 Å². The molecule has 0 unspecified atom stereocenters. The molecule has 2 aromatic rings. The third kappa shape index (κ3) is 2.60. The van der Waals surface area contributed by atoms with Crippen molar-refractivity contribution in [3.63, 3.8) is 0 Å². The third-order valence-electron chi connectivity index (χ3n) is 6.71. The lowest BCUT2D eigenvalue weighted by Gasteiger charge is -2.36. The summed E-state index contributed by atoms with van der Waals surface area (Å²) in [7, 11) is -3.58. The Hall–Kier alpha value is -1.73. The zero-order valence-corrected chi connectivity index (χ0v) is 16.3. The van der Waals surface area contributed by atoms with Crippen LogP contribution in [-0.2, 0) is 21.4 Å². The van der Waals surface area contributed by atoms with Gasteiger partial charge in [0.1, 0.15) is 11.4 Å².